The van der Waals surface area contributed by atoms with Gasteiger partial charge in [-0.3, -0.25) is 10.1 Å². The lowest BCUT2D eigenvalue weighted by atomic mass is 10.1. The Kier molecular flexibility index (Phi) is 5.81. The molecule has 3 aromatic rings. The van der Waals surface area contributed by atoms with Crippen LogP contribution in [-0.2, 0) is 9.84 Å². The average Bonchev–Trinajstić information content (AvgIpc) is 3.02. The molecule has 0 unspecified atom stereocenters. The summed E-state index contributed by atoms with van der Waals surface area (Å²) in [6.45, 7) is 4.44. The Labute approximate surface area is 168 Å². The highest BCUT2D eigenvalue weighted by molar-refractivity contribution is 7.90. The van der Waals surface area contributed by atoms with Crippen molar-refractivity contribution in [1.82, 2.24) is 4.98 Å². The van der Waals surface area contributed by atoms with Gasteiger partial charge in [0.05, 0.1) is 22.8 Å². The Morgan fingerprint density at radius 1 is 1.14 bits per heavy atom. The summed E-state index contributed by atoms with van der Waals surface area (Å²) in [5.41, 5.74) is 1.77. The number of hydrogen-bond donors (Lipinski definition) is 1. The topological polar surface area (TPSA) is 85.4 Å². The quantitative estimate of drug-likeness (QED) is 0.652. The lowest BCUT2D eigenvalue weighted by Crippen LogP contribution is -2.15. The Hall–Kier alpha value is -2.71. The molecule has 0 saturated heterocycles. The fraction of sp³-hybridized carbons (Fsp3) is 0.200. The van der Waals surface area contributed by atoms with E-state index in [-0.39, 0.29) is 10.5 Å². The first-order valence-corrected chi connectivity index (χ1v) is 11.3. The van der Waals surface area contributed by atoms with Crippen molar-refractivity contribution in [2.24, 2.45) is 0 Å². The van der Waals surface area contributed by atoms with Crippen molar-refractivity contribution in [3.8, 4) is 17.0 Å². The van der Waals surface area contributed by atoms with E-state index >= 15 is 0 Å². The SMILES string of the molecule is CCOc1ccc(-c2nc(NC(=O)c3ccccc3S(C)(=O)=O)sc2C)cc1. The van der Waals surface area contributed by atoms with Gasteiger partial charge < -0.3 is 4.74 Å². The number of aromatic nitrogens is 1. The van der Waals surface area contributed by atoms with Crippen LogP contribution in [-0.4, -0.2) is 32.2 Å². The first kappa shape index (κ1) is 20.0. The maximum absolute atomic E-state index is 12.6. The molecule has 0 saturated carbocycles. The number of rotatable bonds is 6. The number of hydrogen-bond acceptors (Lipinski definition) is 6. The Morgan fingerprint density at radius 3 is 2.46 bits per heavy atom. The summed E-state index contributed by atoms with van der Waals surface area (Å²) in [7, 11) is -3.52. The van der Waals surface area contributed by atoms with E-state index in [1.54, 1.807) is 12.1 Å². The minimum absolute atomic E-state index is 0.00693. The van der Waals surface area contributed by atoms with Gasteiger partial charge in [0.25, 0.3) is 5.91 Å². The summed E-state index contributed by atoms with van der Waals surface area (Å²) in [4.78, 5) is 18.1. The molecular weight excluding hydrogens is 396 g/mol. The van der Waals surface area contributed by atoms with Gasteiger partial charge in [-0.05, 0) is 50.2 Å². The van der Waals surface area contributed by atoms with Gasteiger partial charge in [0, 0.05) is 16.7 Å². The third kappa shape index (κ3) is 4.40. The summed E-state index contributed by atoms with van der Waals surface area (Å²) < 4.78 is 29.3. The first-order chi connectivity index (χ1) is 13.3. The van der Waals surface area contributed by atoms with Gasteiger partial charge in [0.15, 0.2) is 15.0 Å². The summed E-state index contributed by atoms with van der Waals surface area (Å²) in [6, 6.07) is 13.7. The van der Waals surface area contributed by atoms with Crippen LogP contribution in [0.5, 0.6) is 5.75 Å². The molecular formula is C20H20N2O4S2. The van der Waals surface area contributed by atoms with Crippen molar-refractivity contribution in [3.63, 3.8) is 0 Å². The molecule has 1 heterocycles. The minimum atomic E-state index is -3.52. The van der Waals surface area contributed by atoms with E-state index in [0.29, 0.717) is 11.7 Å². The number of carbonyl (C=O) groups excluding carboxylic acids is 1. The van der Waals surface area contributed by atoms with Crippen LogP contribution in [0.15, 0.2) is 53.4 Å². The standard InChI is InChI=1S/C20H20N2O4S2/c1-4-26-15-11-9-14(10-12-15)18-13(2)27-20(21-18)22-19(23)16-7-5-6-8-17(16)28(3,24)25/h5-12H,4H2,1-3H3,(H,21,22,23). The fourth-order valence-electron chi connectivity index (χ4n) is 2.74. The van der Waals surface area contributed by atoms with E-state index in [1.165, 1.54) is 23.5 Å². The van der Waals surface area contributed by atoms with Crippen LogP contribution in [0.2, 0.25) is 0 Å². The van der Waals surface area contributed by atoms with Crippen LogP contribution in [0.4, 0.5) is 5.13 Å². The molecule has 28 heavy (non-hydrogen) atoms. The number of amides is 1. The van der Waals surface area contributed by atoms with E-state index in [1.807, 2.05) is 38.1 Å². The Bertz CT molecular complexity index is 1100. The lowest BCUT2D eigenvalue weighted by Gasteiger charge is -2.07. The highest BCUT2D eigenvalue weighted by Gasteiger charge is 2.20. The molecule has 1 amide bonds. The molecule has 6 nitrogen and oxygen atoms in total. The minimum Gasteiger partial charge on any atom is -0.494 e. The molecule has 0 aliphatic carbocycles. The van der Waals surface area contributed by atoms with Crippen molar-refractivity contribution in [2.45, 2.75) is 18.7 Å². The molecule has 146 valence electrons. The van der Waals surface area contributed by atoms with Gasteiger partial charge in [-0.1, -0.05) is 12.1 Å². The molecule has 0 aliphatic heterocycles. The molecule has 0 aliphatic rings. The zero-order valence-electron chi connectivity index (χ0n) is 15.7. The fourth-order valence-corrected chi connectivity index (χ4v) is 4.45. The Morgan fingerprint density at radius 2 is 1.82 bits per heavy atom. The van der Waals surface area contributed by atoms with E-state index in [2.05, 4.69) is 10.3 Å². The highest BCUT2D eigenvalue weighted by atomic mass is 32.2. The molecule has 2 aromatic carbocycles. The van der Waals surface area contributed by atoms with Gasteiger partial charge in [0.2, 0.25) is 0 Å². The van der Waals surface area contributed by atoms with Gasteiger partial charge in [-0.25, -0.2) is 13.4 Å². The van der Waals surface area contributed by atoms with Crippen LogP contribution in [0.3, 0.4) is 0 Å². The van der Waals surface area contributed by atoms with E-state index in [9.17, 15) is 13.2 Å². The van der Waals surface area contributed by atoms with Crippen molar-refractivity contribution in [2.75, 3.05) is 18.2 Å². The number of nitrogens with zero attached hydrogens (tertiary/aromatic N) is 1. The summed E-state index contributed by atoms with van der Waals surface area (Å²) >= 11 is 1.34. The number of ether oxygens (including phenoxy) is 1. The molecule has 3 rings (SSSR count). The third-order valence-corrected chi connectivity index (χ3v) is 6.03. The summed E-state index contributed by atoms with van der Waals surface area (Å²) in [5.74, 6) is 0.276. The van der Waals surface area contributed by atoms with Crippen LogP contribution in [0.1, 0.15) is 22.2 Å². The van der Waals surface area contributed by atoms with Crippen LogP contribution < -0.4 is 10.1 Å². The number of thiazole rings is 1. The van der Waals surface area contributed by atoms with E-state index < -0.39 is 15.7 Å². The zero-order chi connectivity index (χ0) is 20.3. The number of nitrogens with one attached hydrogen (secondary N) is 1. The normalized spacial score (nSPS) is 11.2. The van der Waals surface area contributed by atoms with Crippen molar-refractivity contribution < 1.29 is 17.9 Å². The smallest absolute Gasteiger partial charge is 0.258 e. The highest BCUT2D eigenvalue weighted by Crippen LogP contribution is 2.31. The number of benzene rings is 2. The predicted molar refractivity (Wildman–Crippen MR) is 111 cm³/mol. The van der Waals surface area contributed by atoms with Crippen molar-refractivity contribution >= 4 is 32.2 Å². The van der Waals surface area contributed by atoms with Crippen molar-refractivity contribution in [1.29, 1.82) is 0 Å². The van der Waals surface area contributed by atoms with E-state index in [0.717, 1.165) is 28.1 Å². The monoisotopic (exact) mass is 416 g/mol. The maximum atomic E-state index is 12.6. The molecule has 1 N–H and O–H groups in total. The predicted octanol–water partition coefficient (Wildman–Crippen LogP) is 4.17. The second kappa shape index (κ2) is 8.12. The average molecular weight is 417 g/mol. The Balaban J connectivity index is 1.85. The number of sulfone groups is 1. The van der Waals surface area contributed by atoms with E-state index in [4.69, 9.17) is 4.74 Å². The van der Waals surface area contributed by atoms with Gasteiger partial charge in [-0.2, -0.15) is 0 Å². The second-order valence-electron chi connectivity index (χ2n) is 6.10. The molecule has 0 radical (unpaired) electrons. The first-order valence-electron chi connectivity index (χ1n) is 8.60. The van der Waals surface area contributed by atoms with Crippen molar-refractivity contribution in [3.05, 3.63) is 59.0 Å². The number of carbonyl (C=O) groups is 1. The zero-order valence-corrected chi connectivity index (χ0v) is 17.4. The van der Waals surface area contributed by atoms with Crippen LogP contribution in [0, 0.1) is 6.92 Å². The van der Waals surface area contributed by atoms with Gasteiger partial charge in [-0.15, -0.1) is 11.3 Å². The summed E-state index contributed by atoms with van der Waals surface area (Å²) in [5, 5.41) is 3.12. The summed E-state index contributed by atoms with van der Waals surface area (Å²) in [6.07, 6.45) is 1.08. The molecule has 1 aromatic heterocycles. The number of anilines is 1. The van der Waals surface area contributed by atoms with Gasteiger partial charge >= 0.3 is 0 Å². The van der Waals surface area contributed by atoms with Crippen LogP contribution >= 0.6 is 11.3 Å². The third-order valence-electron chi connectivity index (χ3n) is 3.99. The largest absolute Gasteiger partial charge is 0.494 e. The molecule has 8 heteroatoms. The molecule has 0 atom stereocenters. The second-order valence-corrected chi connectivity index (χ2v) is 9.29. The molecule has 0 spiro atoms. The maximum Gasteiger partial charge on any atom is 0.258 e. The van der Waals surface area contributed by atoms with Gasteiger partial charge in [0.1, 0.15) is 5.75 Å². The lowest BCUT2D eigenvalue weighted by molar-refractivity contribution is 0.102. The molecule has 0 bridgehead atoms. The number of aryl methyl sites for hydroxylation is 1. The van der Waals surface area contributed by atoms with Crippen LogP contribution in [0.25, 0.3) is 11.3 Å². The molecule has 0 fully saturated rings.